The third-order valence-electron chi connectivity index (χ3n) is 2.64. The van der Waals surface area contributed by atoms with Gasteiger partial charge < -0.3 is 11.1 Å². The van der Waals surface area contributed by atoms with E-state index in [2.05, 4.69) is 5.32 Å². The van der Waals surface area contributed by atoms with Gasteiger partial charge in [-0.25, -0.2) is 0 Å². The molecule has 0 fully saturated rings. The van der Waals surface area contributed by atoms with Gasteiger partial charge in [-0.3, -0.25) is 4.79 Å². The van der Waals surface area contributed by atoms with E-state index in [1.165, 1.54) is 11.8 Å². The van der Waals surface area contributed by atoms with Gasteiger partial charge in [-0.2, -0.15) is 0 Å². The van der Waals surface area contributed by atoms with Crippen molar-refractivity contribution in [3.05, 3.63) is 59.1 Å². The van der Waals surface area contributed by atoms with Gasteiger partial charge in [0.25, 0.3) is 0 Å². The quantitative estimate of drug-likeness (QED) is 0.831. The van der Waals surface area contributed by atoms with E-state index in [4.69, 9.17) is 17.3 Å². The molecule has 0 aromatic heterocycles. The molecular formula is C15H15ClN2OS. The molecule has 0 radical (unpaired) electrons. The first kappa shape index (κ1) is 14.9. The molecule has 2 rings (SSSR count). The van der Waals surface area contributed by atoms with E-state index < -0.39 is 0 Å². The highest BCUT2D eigenvalue weighted by molar-refractivity contribution is 8.00. The second-order valence-corrected chi connectivity index (χ2v) is 5.68. The van der Waals surface area contributed by atoms with Gasteiger partial charge in [-0.1, -0.05) is 29.8 Å². The summed E-state index contributed by atoms with van der Waals surface area (Å²) in [6.07, 6.45) is 0. The number of carbonyl (C=O) groups is 1. The summed E-state index contributed by atoms with van der Waals surface area (Å²) < 4.78 is 0. The fraction of sp³-hybridized carbons (Fsp3) is 0.133. The molecule has 0 saturated carbocycles. The average molecular weight is 307 g/mol. The van der Waals surface area contributed by atoms with Crippen molar-refractivity contribution in [3.63, 3.8) is 0 Å². The number of nitrogens with two attached hydrogens (primary N) is 1. The van der Waals surface area contributed by atoms with Gasteiger partial charge in [-0.05, 0) is 35.9 Å². The standard InChI is InChI=1S/C15H15ClN2OS/c16-12-2-1-3-13(8-12)18-15(19)10-20-14-6-4-11(9-17)5-7-14/h1-8H,9-10,17H2,(H,18,19). The molecule has 5 heteroatoms. The number of amides is 1. The van der Waals surface area contributed by atoms with Gasteiger partial charge >= 0.3 is 0 Å². The molecule has 0 heterocycles. The van der Waals surface area contributed by atoms with Crippen molar-refractivity contribution in [2.24, 2.45) is 5.73 Å². The maximum atomic E-state index is 11.8. The Kier molecular flexibility index (Phi) is 5.47. The van der Waals surface area contributed by atoms with Crippen molar-refractivity contribution in [1.29, 1.82) is 0 Å². The van der Waals surface area contributed by atoms with Crippen LogP contribution < -0.4 is 11.1 Å². The number of halogens is 1. The lowest BCUT2D eigenvalue weighted by atomic mass is 10.2. The predicted octanol–water partition coefficient (Wildman–Crippen LogP) is 3.53. The first-order valence-corrected chi connectivity index (χ1v) is 7.51. The van der Waals surface area contributed by atoms with Crippen molar-refractivity contribution in [1.82, 2.24) is 0 Å². The zero-order valence-corrected chi connectivity index (χ0v) is 12.4. The van der Waals surface area contributed by atoms with E-state index in [9.17, 15) is 4.79 Å². The van der Waals surface area contributed by atoms with Gasteiger partial charge in [0.1, 0.15) is 0 Å². The van der Waals surface area contributed by atoms with E-state index in [0.29, 0.717) is 23.0 Å². The third kappa shape index (κ3) is 4.56. The molecule has 0 unspecified atom stereocenters. The van der Waals surface area contributed by atoms with E-state index in [1.807, 2.05) is 30.3 Å². The first-order valence-electron chi connectivity index (χ1n) is 6.14. The molecule has 2 aromatic rings. The molecule has 0 saturated heterocycles. The summed E-state index contributed by atoms with van der Waals surface area (Å²) in [4.78, 5) is 12.9. The Bertz CT molecular complexity index is 587. The number of nitrogens with one attached hydrogen (secondary N) is 1. The van der Waals surface area contributed by atoms with E-state index in [0.717, 1.165) is 10.5 Å². The van der Waals surface area contributed by atoms with Gasteiger partial charge in [0, 0.05) is 22.2 Å². The van der Waals surface area contributed by atoms with Gasteiger partial charge in [0.2, 0.25) is 5.91 Å². The molecular weight excluding hydrogens is 292 g/mol. The zero-order valence-electron chi connectivity index (χ0n) is 10.8. The van der Waals surface area contributed by atoms with Gasteiger partial charge in [0.05, 0.1) is 5.75 Å². The van der Waals surface area contributed by atoms with Crippen LogP contribution in [0.3, 0.4) is 0 Å². The van der Waals surface area contributed by atoms with Crippen LogP contribution in [0.1, 0.15) is 5.56 Å². The minimum atomic E-state index is -0.0554. The lowest BCUT2D eigenvalue weighted by Crippen LogP contribution is -2.13. The van der Waals surface area contributed by atoms with Crippen LogP contribution in [0, 0.1) is 0 Å². The van der Waals surface area contributed by atoms with Crippen LogP contribution >= 0.6 is 23.4 Å². The van der Waals surface area contributed by atoms with Crippen LogP contribution in [0.4, 0.5) is 5.69 Å². The minimum Gasteiger partial charge on any atom is -0.326 e. The molecule has 20 heavy (non-hydrogen) atoms. The zero-order chi connectivity index (χ0) is 14.4. The summed E-state index contributed by atoms with van der Waals surface area (Å²) in [5.74, 6) is 0.300. The summed E-state index contributed by atoms with van der Waals surface area (Å²) in [5.41, 5.74) is 7.33. The van der Waals surface area contributed by atoms with Crippen molar-refractivity contribution in [2.45, 2.75) is 11.4 Å². The normalized spacial score (nSPS) is 10.3. The van der Waals surface area contributed by atoms with Crippen molar-refractivity contribution < 1.29 is 4.79 Å². The number of carbonyl (C=O) groups excluding carboxylic acids is 1. The third-order valence-corrected chi connectivity index (χ3v) is 3.88. The number of benzene rings is 2. The van der Waals surface area contributed by atoms with Crippen LogP contribution in [0.25, 0.3) is 0 Å². The van der Waals surface area contributed by atoms with Crippen LogP contribution in [0.15, 0.2) is 53.4 Å². The molecule has 0 spiro atoms. The molecule has 1 amide bonds. The first-order chi connectivity index (χ1) is 9.67. The molecule has 3 N–H and O–H groups in total. The van der Waals surface area contributed by atoms with Crippen LogP contribution in [-0.2, 0) is 11.3 Å². The Labute approximate surface area is 127 Å². The Morgan fingerprint density at radius 1 is 1.20 bits per heavy atom. The fourth-order valence-corrected chi connectivity index (χ4v) is 2.52. The number of hydrogen-bond acceptors (Lipinski definition) is 3. The highest BCUT2D eigenvalue weighted by Gasteiger charge is 2.04. The largest absolute Gasteiger partial charge is 0.326 e. The molecule has 104 valence electrons. The highest BCUT2D eigenvalue weighted by atomic mass is 35.5. The van der Waals surface area contributed by atoms with Gasteiger partial charge in [-0.15, -0.1) is 11.8 Å². The maximum Gasteiger partial charge on any atom is 0.234 e. The maximum absolute atomic E-state index is 11.8. The number of rotatable bonds is 5. The van der Waals surface area contributed by atoms with Gasteiger partial charge in [0.15, 0.2) is 0 Å². The monoisotopic (exact) mass is 306 g/mol. The molecule has 0 bridgehead atoms. The molecule has 3 nitrogen and oxygen atoms in total. The van der Waals surface area contributed by atoms with E-state index in [-0.39, 0.29) is 5.91 Å². The van der Waals surface area contributed by atoms with E-state index in [1.54, 1.807) is 18.2 Å². The van der Waals surface area contributed by atoms with Crippen molar-refractivity contribution in [2.75, 3.05) is 11.1 Å². The Morgan fingerprint density at radius 2 is 1.95 bits per heavy atom. The SMILES string of the molecule is NCc1ccc(SCC(=O)Nc2cccc(Cl)c2)cc1. The summed E-state index contributed by atoms with van der Waals surface area (Å²) in [6, 6.07) is 15.0. The average Bonchev–Trinajstić information content (AvgIpc) is 2.46. The second-order valence-electron chi connectivity index (χ2n) is 4.20. The summed E-state index contributed by atoms with van der Waals surface area (Å²) in [7, 11) is 0. The highest BCUT2D eigenvalue weighted by Crippen LogP contribution is 2.19. The number of hydrogen-bond donors (Lipinski definition) is 2. The van der Waals surface area contributed by atoms with E-state index >= 15 is 0 Å². The lowest BCUT2D eigenvalue weighted by molar-refractivity contribution is -0.113. The topological polar surface area (TPSA) is 55.1 Å². The molecule has 0 aliphatic rings. The van der Waals surface area contributed by atoms with Crippen molar-refractivity contribution in [3.8, 4) is 0 Å². The fourth-order valence-electron chi connectivity index (χ4n) is 1.63. The number of thioether (sulfide) groups is 1. The minimum absolute atomic E-state index is 0.0554. The second kappa shape index (κ2) is 7.33. The van der Waals surface area contributed by atoms with Crippen LogP contribution in [0.5, 0.6) is 0 Å². The Morgan fingerprint density at radius 3 is 2.60 bits per heavy atom. The molecule has 0 aliphatic heterocycles. The summed E-state index contributed by atoms with van der Waals surface area (Å²) in [6.45, 7) is 0.528. The lowest BCUT2D eigenvalue weighted by Gasteiger charge is -2.06. The smallest absolute Gasteiger partial charge is 0.234 e. The Balaban J connectivity index is 1.85. The van der Waals surface area contributed by atoms with Crippen LogP contribution in [-0.4, -0.2) is 11.7 Å². The summed E-state index contributed by atoms with van der Waals surface area (Å²) in [5, 5.41) is 3.42. The predicted molar refractivity (Wildman–Crippen MR) is 85.1 cm³/mol. The van der Waals surface area contributed by atoms with Crippen LogP contribution in [0.2, 0.25) is 5.02 Å². The molecule has 0 atom stereocenters. The summed E-state index contributed by atoms with van der Waals surface area (Å²) >= 11 is 7.35. The Hall–Kier alpha value is -1.49. The molecule has 2 aromatic carbocycles. The number of anilines is 1. The molecule has 0 aliphatic carbocycles. The van der Waals surface area contributed by atoms with Crippen molar-refractivity contribution >= 4 is 35.0 Å².